The zero-order valence-corrected chi connectivity index (χ0v) is 12.5. The molecule has 0 radical (unpaired) electrons. The Morgan fingerprint density at radius 1 is 1.05 bits per heavy atom. The summed E-state index contributed by atoms with van der Waals surface area (Å²) in [5.41, 5.74) is 4.68. The number of benzene rings is 1. The van der Waals surface area contributed by atoms with Crippen LogP contribution in [0.4, 0.5) is 5.69 Å². The summed E-state index contributed by atoms with van der Waals surface area (Å²) in [5, 5.41) is 3.47. The highest BCUT2D eigenvalue weighted by molar-refractivity contribution is 5.54. The summed E-state index contributed by atoms with van der Waals surface area (Å²) in [6.45, 7) is 5.93. The van der Waals surface area contributed by atoms with E-state index in [1.807, 2.05) is 19.3 Å². The average molecular weight is 282 g/mol. The zero-order valence-electron chi connectivity index (χ0n) is 12.5. The first-order chi connectivity index (χ1) is 10.3. The van der Waals surface area contributed by atoms with Gasteiger partial charge in [-0.15, -0.1) is 0 Å². The van der Waals surface area contributed by atoms with Crippen LogP contribution in [0.15, 0.2) is 36.7 Å². The van der Waals surface area contributed by atoms with Gasteiger partial charge in [-0.05, 0) is 31.4 Å². The van der Waals surface area contributed by atoms with E-state index in [-0.39, 0.29) is 0 Å². The normalized spacial score (nSPS) is 14.6. The molecule has 1 aromatic carbocycles. The molecule has 1 fully saturated rings. The number of para-hydroxylation sites is 1. The molecule has 1 saturated heterocycles. The third-order valence-corrected chi connectivity index (χ3v) is 3.89. The van der Waals surface area contributed by atoms with Crippen molar-refractivity contribution in [3.8, 4) is 0 Å². The van der Waals surface area contributed by atoms with E-state index in [0.717, 1.165) is 24.5 Å². The van der Waals surface area contributed by atoms with Gasteiger partial charge in [0.05, 0.1) is 11.4 Å². The van der Waals surface area contributed by atoms with E-state index in [9.17, 15) is 0 Å². The van der Waals surface area contributed by atoms with Crippen LogP contribution in [0.3, 0.4) is 0 Å². The summed E-state index contributed by atoms with van der Waals surface area (Å²) in [6, 6.07) is 8.68. The lowest BCUT2D eigenvalue weighted by Gasteiger charge is -2.21. The molecule has 0 saturated carbocycles. The SMILES string of the molecule is Cc1cnc(CNCc2ccccc2N2CCCC2)cn1. The average Bonchev–Trinajstić information content (AvgIpc) is 3.04. The Kier molecular flexibility index (Phi) is 4.46. The molecule has 3 rings (SSSR count). The van der Waals surface area contributed by atoms with Crippen molar-refractivity contribution in [1.29, 1.82) is 0 Å². The van der Waals surface area contributed by atoms with Gasteiger partial charge < -0.3 is 10.2 Å². The van der Waals surface area contributed by atoms with Gasteiger partial charge >= 0.3 is 0 Å². The minimum atomic E-state index is 0.752. The molecule has 2 heterocycles. The molecule has 0 spiro atoms. The van der Waals surface area contributed by atoms with Crippen molar-refractivity contribution in [3.05, 3.63) is 53.6 Å². The van der Waals surface area contributed by atoms with Crippen LogP contribution in [0.25, 0.3) is 0 Å². The highest BCUT2D eigenvalue weighted by atomic mass is 15.1. The molecule has 110 valence electrons. The summed E-state index contributed by atoms with van der Waals surface area (Å²) in [6.07, 6.45) is 6.27. The van der Waals surface area contributed by atoms with E-state index in [1.54, 1.807) is 0 Å². The molecule has 0 amide bonds. The molecule has 0 atom stereocenters. The Morgan fingerprint density at radius 2 is 1.86 bits per heavy atom. The van der Waals surface area contributed by atoms with Crippen LogP contribution in [0, 0.1) is 6.92 Å². The lowest BCUT2D eigenvalue weighted by Crippen LogP contribution is -2.21. The number of rotatable bonds is 5. The van der Waals surface area contributed by atoms with Crippen molar-refractivity contribution < 1.29 is 0 Å². The molecule has 0 aliphatic carbocycles. The molecule has 4 nitrogen and oxygen atoms in total. The Labute approximate surface area is 126 Å². The number of hydrogen-bond donors (Lipinski definition) is 1. The van der Waals surface area contributed by atoms with Gasteiger partial charge in [0, 0.05) is 44.3 Å². The quantitative estimate of drug-likeness (QED) is 0.915. The third kappa shape index (κ3) is 3.58. The fraction of sp³-hybridized carbons (Fsp3) is 0.412. The monoisotopic (exact) mass is 282 g/mol. The van der Waals surface area contributed by atoms with Gasteiger partial charge in [-0.2, -0.15) is 0 Å². The van der Waals surface area contributed by atoms with Crippen molar-refractivity contribution in [2.75, 3.05) is 18.0 Å². The van der Waals surface area contributed by atoms with Gasteiger partial charge in [-0.3, -0.25) is 9.97 Å². The summed E-state index contributed by atoms with van der Waals surface area (Å²) in [5.74, 6) is 0. The van der Waals surface area contributed by atoms with E-state index < -0.39 is 0 Å². The van der Waals surface area contributed by atoms with E-state index in [0.29, 0.717) is 0 Å². The van der Waals surface area contributed by atoms with Crippen LogP contribution < -0.4 is 10.2 Å². The van der Waals surface area contributed by atoms with Crippen molar-refractivity contribution in [2.24, 2.45) is 0 Å². The second-order valence-electron chi connectivity index (χ2n) is 5.58. The third-order valence-electron chi connectivity index (χ3n) is 3.89. The Balaban J connectivity index is 1.61. The number of nitrogens with one attached hydrogen (secondary N) is 1. The Bertz CT molecular complexity index is 574. The largest absolute Gasteiger partial charge is 0.371 e. The van der Waals surface area contributed by atoms with E-state index in [1.165, 1.54) is 37.2 Å². The lowest BCUT2D eigenvalue weighted by atomic mass is 10.1. The molecule has 1 aliphatic heterocycles. The first-order valence-electron chi connectivity index (χ1n) is 7.64. The van der Waals surface area contributed by atoms with Crippen LogP contribution >= 0.6 is 0 Å². The second kappa shape index (κ2) is 6.68. The standard InChI is InChI=1S/C17H22N4/c1-14-10-20-16(13-19-14)12-18-11-15-6-2-3-7-17(15)21-8-4-5-9-21/h2-3,6-7,10,13,18H,4-5,8-9,11-12H2,1H3. The number of nitrogens with zero attached hydrogens (tertiary/aromatic N) is 3. The van der Waals surface area contributed by atoms with Gasteiger partial charge in [0.1, 0.15) is 0 Å². The van der Waals surface area contributed by atoms with Crippen LogP contribution in [0.5, 0.6) is 0 Å². The molecule has 1 aromatic heterocycles. The lowest BCUT2D eigenvalue weighted by molar-refractivity contribution is 0.674. The van der Waals surface area contributed by atoms with Gasteiger partial charge in [-0.25, -0.2) is 0 Å². The molecule has 2 aromatic rings. The molecule has 4 heteroatoms. The smallest absolute Gasteiger partial charge is 0.0724 e. The Hall–Kier alpha value is -1.94. The first kappa shape index (κ1) is 14.0. The van der Waals surface area contributed by atoms with Crippen molar-refractivity contribution in [1.82, 2.24) is 15.3 Å². The predicted molar refractivity (Wildman–Crippen MR) is 85.2 cm³/mol. The summed E-state index contributed by atoms with van der Waals surface area (Å²) >= 11 is 0. The fourth-order valence-electron chi connectivity index (χ4n) is 2.76. The number of hydrogen-bond acceptors (Lipinski definition) is 4. The maximum atomic E-state index is 4.37. The Morgan fingerprint density at radius 3 is 2.62 bits per heavy atom. The second-order valence-corrected chi connectivity index (χ2v) is 5.58. The summed E-state index contributed by atoms with van der Waals surface area (Å²) in [4.78, 5) is 11.1. The van der Waals surface area contributed by atoms with Gasteiger partial charge in [-0.1, -0.05) is 18.2 Å². The van der Waals surface area contributed by atoms with Gasteiger partial charge in [0.25, 0.3) is 0 Å². The highest BCUT2D eigenvalue weighted by Crippen LogP contribution is 2.24. The highest BCUT2D eigenvalue weighted by Gasteiger charge is 2.14. The molecule has 0 unspecified atom stereocenters. The van der Waals surface area contributed by atoms with Gasteiger partial charge in [0.15, 0.2) is 0 Å². The number of aromatic nitrogens is 2. The summed E-state index contributed by atoms with van der Waals surface area (Å²) < 4.78 is 0. The molecule has 21 heavy (non-hydrogen) atoms. The number of anilines is 1. The van der Waals surface area contributed by atoms with Crippen molar-refractivity contribution in [3.63, 3.8) is 0 Å². The molecule has 0 bridgehead atoms. The van der Waals surface area contributed by atoms with Crippen LogP contribution in [-0.2, 0) is 13.1 Å². The zero-order chi connectivity index (χ0) is 14.5. The molecule has 1 N–H and O–H groups in total. The van der Waals surface area contributed by atoms with Crippen LogP contribution in [-0.4, -0.2) is 23.1 Å². The number of aryl methyl sites for hydroxylation is 1. The molecule has 1 aliphatic rings. The minimum Gasteiger partial charge on any atom is -0.371 e. The van der Waals surface area contributed by atoms with Gasteiger partial charge in [0.2, 0.25) is 0 Å². The van der Waals surface area contributed by atoms with Crippen molar-refractivity contribution >= 4 is 5.69 Å². The molecular formula is C17H22N4. The predicted octanol–water partition coefficient (Wildman–Crippen LogP) is 2.68. The summed E-state index contributed by atoms with van der Waals surface area (Å²) in [7, 11) is 0. The maximum Gasteiger partial charge on any atom is 0.0724 e. The topological polar surface area (TPSA) is 41.1 Å². The molecular weight excluding hydrogens is 260 g/mol. The maximum absolute atomic E-state index is 4.37. The van der Waals surface area contributed by atoms with E-state index in [2.05, 4.69) is 44.5 Å². The van der Waals surface area contributed by atoms with E-state index >= 15 is 0 Å². The minimum absolute atomic E-state index is 0.752. The van der Waals surface area contributed by atoms with E-state index in [4.69, 9.17) is 0 Å². The van der Waals surface area contributed by atoms with Crippen LogP contribution in [0.1, 0.15) is 29.8 Å². The fourth-order valence-corrected chi connectivity index (χ4v) is 2.76. The van der Waals surface area contributed by atoms with Crippen molar-refractivity contribution in [2.45, 2.75) is 32.9 Å². The van der Waals surface area contributed by atoms with Crippen LogP contribution in [0.2, 0.25) is 0 Å². The first-order valence-corrected chi connectivity index (χ1v) is 7.64.